The van der Waals surface area contributed by atoms with Gasteiger partial charge in [-0.2, -0.15) is 0 Å². The lowest BCUT2D eigenvalue weighted by molar-refractivity contribution is -0.264. The van der Waals surface area contributed by atoms with Gasteiger partial charge in [-0.25, -0.2) is 0 Å². The molecule has 0 spiro atoms. The van der Waals surface area contributed by atoms with Crippen molar-refractivity contribution in [3.05, 3.63) is 0 Å². The fourth-order valence-corrected chi connectivity index (χ4v) is 9.30. The number of aliphatic hydroxyl groups excluding tert-OH is 2. The van der Waals surface area contributed by atoms with Gasteiger partial charge < -0.3 is 20.4 Å². The Bertz CT molecular complexity index is 687. The quantitative estimate of drug-likeness (QED) is 0.479. The molecule has 0 unspecified atom stereocenters. The van der Waals surface area contributed by atoms with E-state index in [1.165, 1.54) is 25.7 Å². The van der Waals surface area contributed by atoms with Gasteiger partial charge in [-0.15, -0.1) is 0 Å². The monoisotopic (exact) mass is 450 g/mol. The van der Waals surface area contributed by atoms with Crippen LogP contribution >= 0.6 is 0 Å². The Labute approximate surface area is 196 Å². The summed E-state index contributed by atoms with van der Waals surface area (Å²) < 4.78 is 0. The highest BCUT2D eigenvalue weighted by Crippen LogP contribution is 2.69. The van der Waals surface area contributed by atoms with Crippen LogP contribution in [0.4, 0.5) is 0 Å². The van der Waals surface area contributed by atoms with Gasteiger partial charge in [-0.1, -0.05) is 34.1 Å². The summed E-state index contributed by atoms with van der Waals surface area (Å²) in [4.78, 5) is 0. The fourth-order valence-electron chi connectivity index (χ4n) is 9.30. The Morgan fingerprint density at radius 3 is 2.28 bits per heavy atom. The third kappa shape index (κ3) is 3.71. The molecule has 186 valence electrons. The molecular weight excluding hydrogens is 400 g/mol. The fraction of sp³-hybridized carbons (Fsp3) is 1.00. The number of rotatable bonds is 5. The van der Waals surface area contributed by atoms with Crippen molar-refractivity contribution in [3.8, 4) is 0 Å². The predicted molar refractivity (Wildman–Crippen MR) is 128 cm³/mol. The van der Waals surface area contributed by atoms with Crippen molar-refractivity contribution < 1.29 is 20.4 Å². The maximum absolute atomic E-state index is 11.6. The van der Waals surface area contributed by atoms with Crippen LogP contribution in [0.2, 0.25) is 0 Å². The smallest absolute Gasteiger partial charge is 0.0985 e. The van der Waals surface area contributed by atoms with E-state index in [9.17, 15) is 20.4 Å². The third-order valence-electron chi connectivity index (χ3n) is 11.9. The van der Waals surface area contributed by atoms with Gasteiger partial charge in [-0.3, -0.25) is 0 Å². The van der Waals surface area contributed by atoms with Gasteiger partial charge in [0.25, 0.3) is 0 Å². The first-order valence-electron chi connectivity index (χ1n) is 13.5. The first kappa shape index (κ1) is 24.9. The molecule has 4 rings (SSSR count). The largest absolute Gasteiger partial charge is 0.393 e. The van der Waals surface area contributed by atoms with Crippen LogP contribution in [-0.4, -0.2) is 43.8 Å². The van der Waals surface area contributed by atoms with Crippen LogP contribution in [0, 0.1) is 46.3 Å². The topological polar surface area (TPSA) is 80.9 Å². The standard InChI is InChI=1S/C28H50O4/c1-17(7-8-18(2)25(3,4)31)21-9-10-22-20-15-24(30)28(32)16-19(29)11-14-27(28,6)23(20)12-13-26(21,22)5/h17-24,29-32H,7-16H2,1-6H3/t17-,18+,19+,20+,21+,22-,23+,24-,26-,27-,28+/m1/s1. The Kier molecular flexibility index (Phi) is 6.40. The SMILES string of the molecule is C[C@H](CC[C@H](C)C(C)(C)O)[C@@H]1CC[C@@H]2[C@@H]3C[C@@H](O)[C@@]4(O)C[C@@H](O)CC[C@]4(C)[C@H]3CC[C@@]21C. The molecule has 0 aromatic rings. The zero-order chi connectivity index (χ0) is 23.7. The van der Waals surface area contributed by atoms with E-state index in [0.29, 0.717) is 53.8 Å². The van der Waals surface area contributed by atoms with Crippen LogP contribution in [0.5, 0.6) is 0 Å². The third-order valence-corrected chi connectivity index (χ3v) is 11.9. The van der Waals surface area contributed by atoms with E-state index in [4.69, 9.17) is 0 Å². The van der Waals surface area contributed by atoms with Crippen LogP contribution in [0.1, 0.15) is 106 Å². The van der Waals surface area contributed by atoms with E-state index >= 15 is 0 Å². The number of hydrogen-bond donors (Lipinski definition) is 4. The molecule has 0 heterocycles. The van der Waals surface area contributed by atoms with Gasteiger partial charge in [-0.05, 0) is 106 Å². The first-order valence-corrected chi connectivity index (χ1v) is 13.5. The van der Waals surface area contributed by atoms with Gasteiger partial charge in [0.15, 0.2) is 0 Å². The Hall–Kier alpha value is -0.160. The van der Waals surface area contributed by atoms with Crippen LogP contribution in [0.25, 0.3) is 0 Å². The molecule has 0 aromatic carbocycles. The number of hydrogen-bond acceptors (Lipinski definition) is 4. The number of aliphatic hydroxyl groups is 4. The van der Waals surface area contributed by atoms with Crippen LogP contribution in [0.15, 0.2) is 0 Å². The van der Waals surface area contributed by atoms with Gasteiger partial charge in [0.05, 0.1) is 23.4 Å². The van der Waals surface area contributed by atoms with Crippen LogP contribution in [-0.2, 0) is 0 Å². The van der Waals surface area contributed by atoms with Crippen molar-refractivity contribution in [1.29, 1.82) is 0 Å². The van der Waals surface area contributed by atoms with E-state index in [-0.39, 0.29) is 5.41 Å². The van der Waals surface area contributed by atoms with Crippen LogP contribution < -0.4 is 0 Å². The molecule has 4 N–H and O–H groups in total. The Morgan fingerprint density at radius 1 is 0.938 bits per heavy atom. The summed E-state index contributed by atoms with van der Waals surface area (Å²) in [5.41, 5.74) is -1.73. The lowest BCUT2D eigenvalue weighted by atomic mass is 9.42. The average molecular weight is 451 g/mol. The molecule has 0 aromatic heterocycles. The molecular formula is C28H50O4. The second kappa shape index (κ2) is 8.21. The molecule has 4 saturated carbocycles. The second-order valence-electron chi connectivity index (χ2n) is 13.7. The minimum absolute atomic E-state index is 0.290. The first-order chi connectivity index (χ1) is 14.7. The minimum atomic E-state index is -1.14. The molecule has 4 nitrogen and oxygen atoms in total. The van der Waals surface area contributed by atoms with E-state index in [0.717, 1.165) is 25.7 Å². The molecule has 4 aliphatic carbocycles. The van der Waals surface area contributed by atoms with E-state index in [2.05, 4.69) is 27.7 Å². The highest BCUT2D eigenvalue weighted by Gasteiger charge is 2.67. The zero-order valence-electron chi connectivity index (χ0n) is 21.5. The van der Waals surface area contributed by atoms with E-state index in [1.54, 1.807) is 0 Å². The maximum atomic E-state index is 11.6. The van der Waals surface area contributed by atoms with Crippen molar-refractivity contribution in [3.63, 3.8) is 0 Å². The summed E-state index contributed by atoms with van der Waals surface area (Å²) in [6.07, 6.45) is 8.50. The molecule has 0 saturated heterocycles. The summed E-state index contributed by atoms with van der Waals surface area (Å²) >= 11 is 0. The Balaban J connectivity index is 1.51. The second-order valence-corrected chi connectivity index (χ2v) is 13.7. The molecule has 0 radical (unpaired) electrons. The lowest BCUT2D eigenvalue weighted by Gasteiger charge is -2.65. The van der Waals surface area contributed by atoms with Crippen molar-refractivity contribution >= 4 is 0 Å². The predicted octanol–water partition coefficient (Wildman–Crippen LogP) is 4.92. The lowest BCUT2D eigenvalue weighted by Crippen LogP contribution is -2.68. The number of fused-ring (bicyclic) bond motifs is 5. The highest BCUT2D eigenvalue weighted by molar-refractivity contribution is 5.17. The van der Waals surface area contributed by atoms with Crippen molar-refractivity contribution in [2.24, 2.45) is 46.3 Å². The zero-order valence-corrected chi connectivity index (χ0v) is 21.5. The van der Waals surface area contributed by atoms with Gasteiger partial charge in [0.1, 0.15) is 0 Å². The van der Waals surface area contributed by atoms with Crippen molar-refractivity contribution in [2.45, 2.75) is 129 Å². The van der Waals surface area contributed by atoms with Gasteiger partial charge >= 0.3 is 0 Å². The summed E-state index contributed by atoms with van der Waals surface area (Å²) in [6.45, 7) is 13.2. The van der Waals surface area contributed by atoms with Gasteiger partial charge in [0, 0.05) is 11.8 Å². The maximum Gasteiger partial charge on any atom is 0.0985 e. The Morgan fingerprint density at radius 2 is 1.62 bits per heavy atom. The van der Waals surface area contributed by atoms with Crippen molar-refractivity contribution in [2.75, 3.05) is 0 Å². The molecule has 4 aliphatic rings. The molecule has 11 atom stereocenters. The summed E-state index contributed by atoms with van der Waals surface area (Å²) in [5.74, 6) is 3.22. The van der Waals surface area contributed by atoms with Crippen LogP contribution in [0.3, 0.4) is 0 Å². The molecule has 0 bridgehead atoms. The molecule has 0 aliphatic heterocycles. The molecule has 0 amide bonds. The van der Waals surface area contributed by atoms with Gasteiger partial charge in [0.2, 0.25) is 0 Å². The summed E-state index contributed by atoms with van der Waals surface area (Å²) in [6, 6.07) is 0. The summed E-state index contributed by atoms with van der Waals surface area (Å²) in [5, 5.41) is 43.5. The minimum Gasteiger partial charge on any atom is -0.393 e. The van der Waals surface area contributed by atoms with E-state index < -0.39 is 23.4 Å². The average Bonchev–Trinajstić information content (AvgIpc) is 3.05. The normalized spacial score (nSPS) is 50.8. The highest BCUT2D eigenvalue weighted by atomic mass is 16.3. The molecule has 4 fully saturated rings. The summed E-state index contributed by atoms with van der Waals surface area (Å²) in [7, 11) is 0. The molecule has 4 heteroatoms. The van der Waals surface area contributed by atoms with Crippen molar-refractivity contribution in [1.82, 2.24) is 0 Å². The van der Waals surface area contributed by atoms with E-state index in [1.807, 2.05) is 13.8 Å². The molecule has 32 heavy (non-hydrogen) atoms.